The number of hydrogen-bond acceptors (Lipinski definition) is 5. The molecular formula is C20H29F2N3O4. The lowest BCUT2D eigenvalue weighted by molar-refractivity contribution is -0.149. The highest BCUT2D eigenvalue weighted by atomic mass is 19.3. The van der Waals surface area contributed by atoms with Crippen molar-refractivity contribution in [3.05, 3.63) is 23.8 Å². The van der Waals surface area contributed by atoms with Crippen molar-refractivity contribution in [3.63, 3.8) is 0 Å². The Morgan fingerprint density at radius 1 is 1.24 bits per heavy atom. The second kappa shape index (κ2) is 11.4. The first-order chi connectivity index (χ1) is 14.0. The number of carbonyl (C=O) groups is 1. The number of esters is 1. The maximum atomic E-state index is 12.5. The van der Waals surface area contributed by atoms with E-state index < -0.39 is 6.61 Å². The van der Waals surface area contributed by atoms with E-state index in [4.69, 9.17) is 9.47 Å². The van der Waals surface area contributed by atoms with Crippen LogP contribution in [0.1, 0.15) is 32.3 Å². The molecule has 1 aromatic rings. The van der Waals surface area contributed by atoms with Crippen LogP contribution in [0.4, 0.5) is 8.78 Å². The highest BCUT2D eigenvalue weighted by molar-refractivity contribution is 5.80. The maximum Gasteiger partial charge on any atom is 0.387 e. The van der Waals surface area contributed by atoms with E-state index in [9.17, 15) is 13.6 Å². The summed E-state index contributed by atoms with van der Waals surface area (Å²) in [5.74, 6) is 0.802. The van der Waals surface area contributed by atoms with Crippen LogP contribution in [0.25, 0.3) is 0 Å². The molecule has 0 radical (unpaired) electrons. The summed E-state index contributed by atoms with van der Waals surface area (Å²) in [5, 5.41) is 3.27. The first kappa shape index (κ1) is 22.7. The Kier molecular flexibility index (Phi) is 8.95. The molecule has 0 spiro atoms. The molecule has 1 saturated heterocycles. The van der Waals surface area contributed by atoms with Crippen LogP contribution in [0.15, 0.2) is 23.2 Å². The number of ether oxygens (including phenoxy) is 3. The Balaban J connectivity index is 1.94. The van der Waals surface area contributed by atoms with Gasteiger partial charge >= 0.3 is 12.6 Å². The smallest absolute Gasteiger partial charge is 0.387 e. The lowest BCUT2D eigenvalue weighted by Crippen LogP contribution is -2.46. The minimum atomic E-state index is -2.91. The van der Waals surface area contributed by atoms with Gasteiger partial charge in [-0.2, -0.15) is 8.78 Å². The molecule has 0 saturated carbocycles. The fraction of sp³-hybridized carbons (Fsp3) is 0.600. The van der Waals surface area contributed by atoms with Gasteiger partial charge in [-0.1, -0.05) is 6.07 Å². The topological polar surface area (TPSA) is 72.4 Å². The molecule has 7 nitrogen and oxygen atoms in total. The number of carbonyl (C=O) groups excluding carboxylic acids is 1. The van der Waals surface area contributed by atoms with Crippen molar-refractivity contribution in [2.24, 2.45) is 10.9 Å². The average Bonchev–Trinajstić information content (AvgIpc) is 2.71. The van der Waals surface area contributed by atoms with Crippen LogP contribution in [0, 0.1) is 5.92 Å². The fourth-order valence-electron chi connectivity index (χ4n) is 3.22. The zero-order valence-corrected chi connectivity index (χ0v) is 17.1. The zero-order chi connectivity index (χ0) is 21.2. The van der Waals surface area contributed by atoms with Crippen molar-refractivity contribution < 1.29 is 27.8 Å². The molecule has 1 N–H and O–H groups in total. The molecule has 1 aliphatic heterocycles. The molecular weight excluding hydrogens is 384 g/mol. The molecule has 29 heavy (non-hydrogen) atoms. The molecule has 1 heterocycles. The van der Waals surface area contributed by atoms with Crippen LogP contribution >= 0.6 is 0 Å². The SMILES string of the molecule is CCOC(=O)C1CCN(C(=NC)NCc2ccc(OC(F)F)c(OCC)c2)CC1. The maximum absolute atomic E-state index is 12.5. The molecule has 1 aliphatic rings. The molecule has 0 amide bonds. The lowest BCUT2D eigenvalue weighted by Gasteiger charge is -2.33. The summed E-state index contributed by atoms with van der Waals surface area (Å²) in [7, 11) is 1.70. The first-order valence-electron chi connectivity index (χ1n) is 9.81. The van der Waals surface area contributed by atoms with Crippen LogP contribution in [0.5, 0.6) is 11.5 Å². The standard InChI is InChI=1S/C20H29F2N3O4/c1-4-27-17-12-14(6-7-16(17)29-19(21)22)13-24-20(23-3)25-10-8-15(9-11-25)18(26)28-5-2/h6-7,12,15,19H,4-5,8-11,13H2,1-3H3,(H,23,24). The summed E-state index contributed by atoms with van der Waals surface area (Å²) in [6.45, 7) is 3.26. The van der Waals surface area contributed by atoms with Crippen LogP contribution in [0.3, 0.4) is 0 Å². The predicted octanol–water partition coefficient (Wildman–Crippen LogP) is 3.04. The second-order valence-corrected chi connectivity index (χ2v) is 6.51. The lowest BCUT2D eigenvalue weighted by atomic mass is 9.97. The van der Waals surface area contributed by atoms with E-state index in [0.29, 0.717) is 45.7 Å². The monoisotopic (exact) mass is 413 g/mol. The van der Waals surface area contributed by atoms with Crippen molar-refractivity contribution in [1.82, 2.24) is 10.2 Å². The molecule has 0 unspecified atom stereocenters. The molecule has 0 atom stereocenters. The van der Waals surface area contributed by atoms with E-state index in [1.54, 1.807) is 26.1 Å². The number of halogens is 2. The van der Waals surface area contributed by atoms with E-state index in [0.717, 1.165) is 11.5 Å². The number of guanidine groups is 1. The van der Waals surface area contributed by atoms with Crippen LogP contribution < -0.4 is 14.8 Å². The number of benzene rings is 1. The Hall–Kier alpha value is -2.58. The van der Waals surface area contributed by atoms with Gasteiger partial charge in [0.2, 0.25) is 0 Å². The zero-order valence-electron chi connectivity index (χ0n) is 17.1. The van der Waals surface area contributed by atoms with Crippen LogP contribution in [-0.4, -0.2) is 56.8 Å². The van der Waals surface area contributed by atoms with Crippen molar-refractivity contribution in [2.75, 3.05) is 33.4 Å². The number of aliphatic imine (C=N–C) groups is 1. The molecule has 1 fully saturated rings. The van der Waals surface area contributed by atoms with Crippen molar-refractivity contribution in [1.29, 1.82) is 0 Å². The van der Waals surface area contributed by atoms with Gasteiger partial charge in [-0.15, -0.1) is 0 Å². The quantitative estimate of drug-likeness (QED) is 0.401. The van der Waals surface area contributed by atoms with Gasteiger partial charge in [0.15, 0.2) is 17.5 Å². The first-order valence-corrected chi connectivity index (χ1v) is 9.81. The highest BCUT2D eigenvalue weighted by Gasteiger charge is 2.27. The van der Waals surface area contributed by atoms with Gasteiger partial charge in [-0.25, -0.2) is 0 Å². The van der Waals surface area contributed by atoms with Gasteiger partial charge in [-0.3, -0.25) is 9.79 Å². The highest BCUT2D eigenvalue weighted by Crippen LogP contribution is 2.30. The van der Waals surface area contributed by atoms with Gasteiger partial charge in [0.1, 0.15) is 0 Å². The van der Waals surface area contributed by atoms with Gasteiger partial charge in [0, 0.05) is 26.7 Å². The van der Waals surface area contributed by atoms with E-state index in [2.05, 4.69) is 19.9 Å². The molecule has 0 aliphatic carbocycles. The predicted molar refractivity (Wildman–Crippen MR) is 105 cm³/mol. The Bertz CT molecular complexity index is 692. The van der Waals surface area contributed by atoms with E-state index in [1.165, 1.54) is 6.07 Å². The summed E-state index contributed by atoms with van der Waals surface area (Å²) in [6, 6.07) is 4.85. The van der Waals surface area contributed by atoms with E-state index in [1.807, 2.05) is 6.92 Å². The van der Waals surface area contributed by atoms with Crippen molar-refractivity contribution in [2.45, 2.75) is 39.8 Å². The van der Waals surface area contributed by atoms with Gasteiger partial charge in [0.25, 0.3) is 0 Å². The number of nitrogens with one attached hydrogen (secondary N) is 1. The third-order valence-electron chi connectivity index (χ3n) is 4.60. The summed E-state index contributed by atoms with van der Waals surface area (Å²) >= 11 is 0. The molecule has 2 rings (SSSR count). The van der Waals surface area contributed by atoms with Crippen LogP contribution in [0.2, 0.25) is 0 Å². The minimum Gasteiger partial charge on any atom is -0.490 e. The van der Waals surface area contributed by atoms with Gasteiger partial charge in [-0.05, 0) is 44.4 Å². The molecule has 0 aromatic heterocycles. The summed E-state index contributed by atoms with van der Waals surface area (Å²) in [4.78, 5) is 18.3. The number of alkyl halides is 2. The largest absolute Gasteiger partial charge is 0.490 e. The number of likely N-dealkylation sites (tertiary alicyclic amines) is 1. The summed E-state index contributed by atoms with van der Waals surface area (Å²) in [6.07, 6.45) is 1.43. The number of piperidine rings is 1. The Morgan fingerprint density at radius 3 is 2.55 bits per heavy atom. The second-order valence-electron chi connectivity index (χ2n) is 6.51. The summed E-state index contributed by atoms with van der Waals surface area (Å²) < 4.78 is 40.1. The van der Waals surface area contributed by atoms with Crippen LogP contribution in [-0.2, 0) is 16.1 Å². The number of nitrogens with zero attached hydrogens (tertiary/aromatic N) is 2. The van der Waals surface area contributed by atoms with Crippen molar-refractivity contribution >= 4 is 11.9 Å². The molecule has 1 aromatic carbocycles. The summed E-state index contributed by atoms with van der Waals surface area (Å²) in [5.41, 5.74) is 0.845. The molecule has 0 bridgehead atoms. The normalized spacial score (nSPS) is 15.4. The molecule has 9 heteroatoms. The Morgan fingerprint density at radius 2 is 1.97 bits per heavy atom. The fourth-order valence-corrected chi connectivity index (χ4v) is 3.22. The minimum absolute atomic E-state index is 0.0102. The van der Waals surface area contributed by atoms with E-state index >= 15 is 0 Å². The number of hydrogen-bond donors (Lipinski definition) is 1. The Labute approximate surface area is 170 Å². The van der Waals surface area contributed by atoms with E-state index in [-0.39, 0.29) is 23.4 Å². The molecule has 162 valence electrons. The number of rotatable bonds is 8. The van der Waals surface area contributed by atoms with Gasteiger partial charge < -0.3 is 24.4 Å². The third-order valence-corrected chi connectivity index (χ3v) is 4.60. The third kappa shape index (κ3) is 6.76. The average molecular weight is 413 g/mol. The van der Waals surface area contributed by atoms with Gasteiger partial charge in [0.05, 0.1) is 19.1 Å². The van der Waals surface area contributed by atoms with Crippen molar-refractivity contribution in [3.8, 4) is 11.5 Å².